The Bertz CT molecular complexity index is 519. The van der Waals surface area contributed by atoms with Gasteiger partial charge >= 0.3 is 0 Å². The maximum absolute atomic E-state index is 5.78. The highest BCUT2D eigenvalue weighted by Crippen LogP contribution is 2.31. The van der Waals surface area contributed by atoms with Crippen molar-refractivity contribution in [1.82, 2.24) is 4.98 Å². The van der Waals surface area contributed by atoms with Crippen LogP contribution >= 0.6 is 27.5 Å². The number of ether oxygens (including phenoxy) is 1. The lowest BCUT2D eigenvalue weighted by molar-refractivity contribution is 0.462. The molecule has 2 N–H and O–H groups in total. The number of benzene rings is 1. The van der Waals surface area contributed by atoms with Crippen molar-refractivity contribution in [3.05, 3.63) is 46.0 Å². The summed E-state index contributed by atoms with van der Waals surface area (Å²) < 4.78 is 6.24. The smallest absolute Gasteiger partial charge is 0.233 e. The fourth-order valence-corrected chi connectivity index (χ4v) is 1.87. The molecule has 82 valence electrons. The van der Waals surface area contributed by atoms with Crippen LogP contribution in [0.4, 0.5) is 5.69 Å². The molecule has 0 aliphatic heterocycles. The molecule has 16 heavy (non-hydrogen) atoms. The molecule has 1 heterocycles. The third-order valence-electron chi connectivity index (χ3n) is 1.90. The standard InChI is InChI=1S/C11H8BrClN2O/c12-8-5-7(13)6-15-11(8)16-10-4-2-1-3-9(10)14/h1-6H,14H2. The van der Waals surface area contributed by atoms with Gasteiger partial charge in [0.05, 0.1) is 15.2 Å². The van der Waals surface area contributed by atoms with Crippen LogP contribution in [0, 0.1) is 0 Å². The quantitative estimate of drug-likeness (QED) is 0.856. The van der Waals surface area contributed by atoms with Crippen LogP contribution in [0.5, 0.6) is 11.6 Å². The fourth-order valence-electron chi connectivity index (χ4n) is 1.15. The average molecular weight is 300 g/mol. The van der Waals surface area contributed by atoms with Gasteiger partial charge in [-0.25, -0.2) is 4.98 Å². The second kappa shape index (κ2) is 4.72. The summed E-state index contributed by atoms with van der Waals surface area (Å²) >= 11 is 9.09. The molecule has 0 amide bonds. The van der Waals surface area contributed by atoms with Crippen molar-refractivity contribution >= 4 is 33.2 Å². The third-order valence-corrected chi connectivity index (χ3v) is 2.67. The van der Waals surface area contributed by atoms with E-state index in [1.165, 1.54) is 6.20 Å². The van der Waals surface area contributed by atoms with Crippen LogP contribution in [0.15, 0.2) is 41.0 Å². The Morgan fingerprint density at radius 2 is 2.06 bits per heavy atom. The van der Waals surface area contributed by atoms with Gasteiger partial charge in [-0.2, -0.15) is 0 Å². The number of hydrogen-bond donors (Lipinski definition) is 1. The number of nitrogens with zero attached hydrogens (tertiary/aromatic N) is 1. The van der Waals surface area contributed by atoms with Gasteiger partial charge < -0.3 is 10.5 Å². The number of nitrogens with two attached hydrogens (primary N) is 1. The predicted molar refractivity (Wildman–Crippen MR) is 67.9 cm³/mol. The van der Waals surface area contributed by atoms with Gasteiger partial charge in [0.15, 0.2) is 5.75 Å². The maximum Gasteiger partial charge on any atom is 0.233 e. The number of nitrogen functional groups attached to an aromatic ring is 1. The van der Waals surface area contributed by atoms with Crippen molar-refractivity contribution in [3.63, 3.8) is 0 Å². The molecule has 0 unspecified atom stereocenters. The van der Waals surface area contributed by atoms with E-state index < -0.39 is 0 Å². The second-order valence-electron chi connectivity index (χ2n) is 3.08. The number of pyridine rings is 1. The van der Waals surface area contributed by atoms with Crippen LogP contribution in [0.2, 0.25) is 5.02 Å². The summed E-state index contributed by atoms with van der Waals surface area (Å²) in [4.78, 5) is 4.06. The maximum atomic E-state index is 5.78. The topological polar surface area (TPSA) is 48.1 Å². The Hall–Kier alpha value is -1.26. The first-order chi connectivity index (χ1) is 7.66. The molecule has 0 radical (unpaired) electrons. The Labute approximate surface area is 106 Å². The molecular weight excluding hydrogens is 291 g/mol. The van der Waals surface area contributed by atoms with Crippen molar-refractivity contribution in [2.75, 3.05) is 5.73 Å². The first-order valence-electron chi connectivity index (χ1n) is 4.50. The van der Waals surface area contributed by atoms with E-state index in [9.17, 15) is 0 Å². The summed E-state index contributed by atoms with van der Waals surface area (Å²) in [6.45, 7) is 0. The van der Waals surface area contributed by atoms with Crippen LogP contribution in [0.25, 0.3) is 0 Å². The van der Waals surface area contributed by atoms with Crippen LogP contribution in [-0.4, -0.2) is 4.98 Å². The van der Waals surface area contributed by atoms with E-state index >= 15 is 0 Å². The number of para-hydroxylation sites is 2. The Morgan fingerprint density at radius 1 is 1.31 bits per heavy atom. The summed E-state index contributed by atoms with van der Waals surface area (Å²) in [5, 5.41) is 0.542. The lowest BCUT2D eigenvalue weighted by atomic mass is 10.3. The normalized spacial score (nSPS) is 10.1. The number of aromatic nitrogens is 1. The van der Waals surface area contributed by atoms with Crippen LogP contribution in [-0.2, 0) is 0 Å². The zero-order chi connectivity index (χ0) is 11.5. The molecule has 3 nitrogen and oxygen atoms in total. The van der Waals surface area contributed by atoms with Gasteiger partial charge in [0.1, 0.15) is 0 Å². The second-order valence-corrected chi connectivity index (χ2v) is 4.37. The zero-order valence-corrected chi connectivity index (χ0v) is 10.5. The number of anilines is 1. The molecule has 0 saturated heterocycles. The zero-order valence-electron chi connectivity index (χ0n) is 8.15. The molecule has 0 spiro atoms. The summed E-state index contributed by atoms with van der Waals surface area (Å²) in [7, 11) is 0. The summed E-state index contributed by atoms with van der Waals surface area (Å²) in [5.41, 5.74) is 6.32. The van der Waals surface area contributed by atoms with Crippen molar-refractivity contribution < 1.29 is 4.74 Å². The molecule has 0 atom stereocenters. The predicted octanol–water partition coefficient (Wildman–Crippen LogP) is 3.87. The van der Waals surface area contributed by atoms with Gasteiger partial charge in [0, 0.05) is 6.20 Å². The SMILES string of the molecule is Nc1ccccc1Oc1ncc(Cl)cc1Br. The number of hydrogen-bond acceptors (Lipinski definition) is 3. The molecule has 1 aromatic heterocycles. The van der Waals surface area contributed by atoms with Crippen LogP contribution in [0.1, 0.15) is 0 Å². The number of rotatable bonds is 2. The van der Waals surface area contributed by atoms with Crippen molar-refractivity contribution in [2.24, 2.45) is 0 Å². The van der Waals surface area contributed by atoms with Crippen molar-refractivity contribution in [1.29, 1.82) is 0 Å². The summed E-state index contributed by atoms with van der Waals surface area (Å²) in [6.07, 6.45) is 1.51. The first-order valence-corrected chi connectivity index (χ1v) is 5.67. The van der Waals surface area contributed by atoms with E-state index in [0.29, 0.717) is 26.8 Å². The van der Waals surface area contributed by atoms with Crippen molar-refractivity contribution in [2.45, 2.75) is 0 Å². The Kier molecular flexibility index (Phi) is 3.31. The molecule has 1 aromatic carbocycles. The molecule has 2 aromatic rings. The highest BCUT2D eigenvalue weighted by atomic mass is 79.9. The highest BCUT2D eigenvalue weighted by molar-refractivity contribution is 9.10. The molecule has 0 aliphatic rings. The highest BCUT2D eigenvalue weighted by Gasteiger charge is 2.06. The molecule has 2 rings (SSSR count). The molecule has 0 saturated carbocycles. The average Bonchev–Trinajstić information content (AvgIpc) is 2.25. The van der Waals surface area contributed by atoms with E-state index in [2.05, 4.69) is 20.9 Å². The Morgan fingerprint density at radius 3 is 2.75 bits per heavy atom. The van der Waals surface area contributed by atoms with Crippen LogP contribution in [0.3, 0.4) is 0 Å². The van der Waals surface area contributed by atoms with Gasteiger partial charge in [-0.15, -0.1) is 0 Å². The van der Waals surface area contributed by atoms with Crippen LogP contribution < -0.4 is 10.5 Å². The lowest BCUT2D eigenvalue weighted by Gasteiger charge is -2.08. The van der Waals surface area contributed by atoms with Gasteiger partial charge in [-0.3, -0.25) is 0 Å². The van der Waals surface area contributed by atoms with E-state index in [-0.39, 0.29) is 0 Å². The van der Waals surface area contributed by atoms with E-state index in [4.69, 9.17) is 22.1 Å². The van der Waals surface area contributed by atoms with Crippen molar-refractivity contribution in [3.8, 4) is 11.6 Å². The monoisotopic (exact) mass is 298 g/mol. The lowest BCUT2D eigenvalue weighted by Crippen LogP contribution is -1.93. The molecule has 0 bridgehead atoms. The fraction of sp³-hybridized carbons (Fsp3) is 0. The number of halogens is 2. The minimum atomic E-state index is 0.433. The third kappa shape index (κ3) is 2.46. The van der Waals surface area contributed by atoms with Gasteiger partial charge in [-0.05, 0) is 34.1 Å². The van der Waals surface area contributed by atoms with E-state index in [1.54, 1.807) is 18.2 Å². The van der Waals surface area contributed by atoms with Gasteiger partial charge in [0.2, 0.25) is 5.88 Å². The summed E-state index contributed by atoms with van der Waals surface area (Å²) in [5.74, 6) is 1.00. The van der Waals surface area contributed by atoms with E-state index in [1.807, 2.05) is 12.1 Å². The molecular formula is C11H8BrClN2O. The molecule has 5 heteroatoms. The Balaban J connectivity index is 2.31. The van der Waals surface area contributed by atoms with Gasteiger partial charge in [-0.1, -0.05) is 23.7 Å². The molecule has 0 aliphatic carbocycles. The minimum absolute atomic E-state index is 0.433. The summed E-state index contributed by atoms with van der Waals surface area (Å²) in [6, 6.07) is 8.93. The first kappa shape index (κ1) is 11.2. The minimum Gasteiger partial charge on any atom is -0.436 e. The molecule has 0 fully saturated rings. The largest absolute Gasteiger partial charge is 0.436 e. The van der Waals surface area contributed by atoms with Gasteiger partial charge in [0.25, 0.3) is 0 Å². The van der Waals surface area contributed by atoms with E-state index in [0.717, 1.165) is 0 Å².